The monoisotopic (exact) mass is 334 g/mol. The Morgan fingerprint density at radius 2 is 1.61 bits per heavy atom. The zero-order valence-corrected chi connectivity index (χ0v) is 13.8. The number of carbonyl (C=O) groups excluding carboxylic acids is 1. The van der Waals surface area contributed by atoms with Crippen LogP contribution < -0.4 is 15.8 Å². The normalized spacial score (nSPS) is 11.2. The van der Waals surface area contributed by atoms with Gasteiger partial charge in [-0.1, -0.05) is 48.5 Å². The summed E-state index contributed by atoms with van der Waals surface area (Å²) in [5.74, 6) is 0.542. The molecule has 23 heavy (non-hydrogen) atoms. The molecule has 0 fully saturated rings. The summed E-state index contributed by atoms with van der Waals surface area (Å²) in [5.41, 5.74) is 6.30. The molecular weight excluding hydrogens is 312 g/mol. The Morgan fingerprint density at radius 3 is 2.22 bits per heavy atom. The molecular formula is C18H23ClN2O2. The van der Waals surface area contributed by atoms with Crippen molar-refractivity contribution < 1.29 is 9.53 Å². The van der Waals surface area contributed by atoms with Crippen LogP contribution in [0.15, 0.2) is 60.7 Å². The topological polar surface area (TPSA) is 64.3 Å². The summed E-state index contributed by atoms with van der Waals surface area (Å²) in [7, 11) is 0. The Bertz CT molecular complexity index is 564. The Labute approximate surface area is 143 Å². The number of rotatable bonds is 8. The molecule has 1 atom stereocenters. The van der Waals surface area contributed by atoms with Gasteiger partial charge in [0.25, 0.3) is 5.91 Å². The second kappa shape index (κ2) is 10.6. The minimum Gasteiger partial charge on any atom is -0.476 e. The molecule has 0 saturated heterocycles. The third-order valence-corrected chi connectivity index (χ3v) is 3.27. The Morgan fingerprint density at radius 1 is 1.00 bits per heavy atom. The van der Waals surface area contributed by atoms with E-state index in [-0.39, 0.29) is 18.3 Å². The van der Waals surface area contributed by atoms with E-state index in [9.17, 15) is 4.79 Å². The van der Waals surface area contributed by atoms with Gasteiger partial charge in [-0.3, -0.25) is 4.79 Å². The van der Waals surface area contributed by atoms with E-state index in [2.05, 4.69) is 5.32 Å². The summed E-state index contributed by atoms with van der Waals surface area (Å²) in [5, 5.41) is 2.92. The van der Waals surface area contributed by atoms with E-state index in [1.807, 2.05) is 60.7 Å². The van der Waals surface area contributed by atoms with Gasteiger partial charge in [-0.25, -0.2) is 0 Å². The van der Waals surface area contributed by atoms with Gasteiger partial charge < -0.3 is 15.8 Å². The molecule has 0 aromatic heterocycles. The molecule has 3 N–H and O–H groups in total. The van der Waals surface area contributed by atoms with E-state index in [1.165, 1.54) is 0 Å². The Kier molecular flexibility index (Phi) is 8.80. The first-order valence-electron chi connectivity index (χ1n) is 7.55. The molecule has 2 aromatic carbocycles. The van der Waals surface area contributed by atoms with Gasteiger partial charge in [-0.05, 0) is 31.5 Å². The van der Waals surface area contributed by atoms with Gasteiger partial charge >= 0.3 is 0 Å². The fourth-order valence-electron chi connectivity index (χ4n) is 2.11. The summed E-state index contributed by atoms with van der Waals surface area (Å²) in [6, 6.07) is 18.9. The number of nitrogens with two attached hydrogens (primary N) is 1. The van der Waals surface area contributed by atoms with Gasteiger partial charge in [0.15, 0.2) is 0 Å². The van der Waals surface area contributed by atoms with Crippen molar-refractivity contribution in [2.45, 2.75) is 18.9 Å². The number of carbonyl (C=O) groups is 1. The number of amides is 1. The number of nitrogens with one attached hydrogen (secondary N) is 1. The SMILES string of the molecule is Cl.NCCCCNC(=O)C(Oc1ccccc1)c1ccccc1. The lowest BCUT2D eigenvalue weighted by Gasteiger charge is -2.19. The molecule has 2 rings (SSSR count). The number of unbranched alkanes of at least 4 members (excludes halogenated alkanes) is 1. The fourth-order valence-corrected chi connectivity index (χ4v) is 2.11. The van der Waals surface area contributed by atoms with Crippen LogP contribution in [0.25, 0.3) is 0 Å². The second-order valence-electron chi connectivity index (χ2n) is 5.01. The molecule has 0 radical (unpaired) electrons. The van der Waals surface area contributed by atoms with Crippen LogP contribution in [0.4, 0.5) is 0 Å². The quantitative estimate of drug-likeness (QED) is 0.729. The van der Waals surface area contributed by atoms with E-state index >= 15 is 0 Å². The number of benzene rings is 2. The van der Waals surface area contributed by atoms with Crippen molar-refractivity contribution in [2.24, 2.45) is 5.73 Å². The van der Waals surface area contributed by atoms with Crippen LogP contribution in [0.2, 0.25) is 0 Å². The zero-order valence-electron chi connectivity index (χ0n) is 13.0. The number of ether oxygens (including phenoxy) is 1. The lowest BCUT2D eigenvalue weighted by atomic mass is 10.1. The van der Waals surface area contributed by atoms with Crippen LogP contribution in [0, 0.1) is 0 Å². The molecule has 0 saturated carbocycles. The van der Waals surface area contributed by atoms with Gasteiger partial charge in [0.2, 0.25) is 6.10 Å². The summed E-state index contributed by atoms with van der Waals surface area (Å²) in [6.45, 7) is 1.25. The maximum atomic E-state index is 12.4. The molecule has 1 amide bonds. The summed E-state index contributed by atoms with van der Waals surface area (Å²) in [6.07, 6.45) is 1.12. The van der Waals surface area contributed by atoms with Crippen molar-refractivity contribution in [3.05, 3.63) is 66.2 Å². The highest BCUT2D eigenvalue weighted by Crippen LogP contribution is 2.21. The first kappa shape index (κ1) is 19.0. The van der Waals surface area contributed by atoms with Gasteiger partial charge in [0, 0.05) is 12.1 Å². The van der Waals surface area contributed by atoms with Crippen LogP contribution in [-0.4, -0.2) is 19.0 Å². The van der Waals surface area contributed by atoms with Crippen molar-refractivity contribution in [3.63, 3.8) is 0 Å². The van der Waals surface area contributed by atoms with E-state index in [0.29, 0.717) is 18.8 Å². The second-order valence-corrected chi connectivity index (χ2v) is 5.01. The van der Waals surface area contributed by atoms with Crippen LogP contribution in [0.3, 0.4) is 0 Å². The predicted molar refractivity (Wildman–Crippen MR) is 94.8 cm³/mol. The Hall–Kier alpha value is -2.04. The van der Waals surface area contributed by atoms with Crippen LogP contribution in [0.5, 0.6) is 5.75 Å². The van der Waals surface area contributed by atoms with E-state index < -0.39 is 6.10 Å². The molecule has 0 heterocycles. The molecule has 4 nitrogen and oxygen atoms in total. The highest BCUT2D eigenvalue weighted by atomic mass is 35.5. The maximum absolute atomic E-state index is 12.4. The fraction of sp³-hybridized carbons (Fsp3) is 0.278. The molecule has 5 heteroatoms. The number of hydrogen-bond donors (Lipinski definition) is 2. The first-order chi connectivity index (χ1) is 10.8. The van der Waals surface area contributed by atoms with Crippen LogP contribution >= 0.6 is 12.4 Å². The van der Waals surface area contributed by atoms with Crippen LogP contribution in [-0.2, 0) is 4.79 Å². The molecule has 124 valence electrons. The zero-order chi connectivity index (χ0) is 15.6. The maximum Gasteiger partial charge on any atom is 0.265 e. The van der Waals surface area contributed by atoms with Crippen molar-refractivity contribution in [1.82, 2.24) is 5.32 Å². The minimum atomic E-state index is -0.651. The van der Waals surface area contributed by atoms with Gasteiger partial charge in [-0.15, -0.1) is 12.4 Å². The average Bonchev–Trinajstić information content (AvgIpc) is 2.58. The van der Waals surface area contributed by atoms with Gasteiger partial charge in [0.1, 0.15) is 5.75 Å². The predicted octanol–water partition coefficient (Wildman–Crippen LogP) is 3.08. The lowest BCUT2D eigenvalue weighted by Crippen LogP contribution is -2.33. The molecule has 1 unspecified atom stereocenters. The summed E-state index contributed by atoms with van der Waals surface area (Å²) >= 11 is 0. The van der Waals surface area contributed by atoms with Crippen LogP contribution in [0.1, 0.15) is 24.5 Å². The smallest absolute Gasteiger partial charge is 0.265 e. The largest absolute Gasteiger partial charge is 0.476 e. The molecule has 0 aliphatic rings. The van der Waals surface area contributed by atoms with Crippen molar-refractivity contribution in [1.29, 1.82) is 0 Å². The summed E-state index contributed by atoms with van der Waals surface area (Å²) in [4.78, 5) is 12.4. The third-order valence-electron chi connectivity index (χ3n) is 3.27. The van der Waals surface area contributed by atoms with E-state index in [0.717, 1.165) is 18.4 Å². The van der Waals surface area contributed by atoms with Crippen molar-refractivity contribution in [2.75, 3.05) is 13.1 Å². The highest BCUT2D eigenvalue weighted by Gasteiger charge is 2.22. The lowest BCUT2D eigenvalue weighted by molar-refractivity contribution is -0.128. The number of hydrogen-bond acceptors (Lipinski definition) is 3. The molecule has 0 aliphatic carbocycles. The van der Waals surface area contributed by atoms with Crippen molar-refractivity contribution in [3.8, 4) is 5.75 Å². The van der Waals surface area contributed by atoms with Gasteiger partial charge in [-0.2, -0.15) is 0 Å². The number of para-hydroxylation sites is 1. The van der Waals surface area contributed by atoms with E-state index in [1.54, 1.807) is 0 Å². The molecule has 0 spiro atoms. The summed E-state index contributed by atoms with van der Waals surface area (Å²) < 4.78 is 5.88. The third kappa shape index (κ3) is 6.30. The molecule has 0 aliphatic heterocycles. The van der Waals surface area contributed by atoms with Gasteiger partial charge in [0.05, 0.1) is 0 Å². The standard InChI is InChI=1S/C18H22N2O2.ClH/c19-13-7-8-14-20-18(21)17(15-9-3-1-4-10-15)22-16-11-5-2-6-12-16;/h1-6,9-12,17H,7-8,13-14,19H2,(H,20,21);1H. The van der Waals surface area contributed by atoms with E-state index in [4.69, 9.17) is 10.5 Å². The minimum absolute atomic E-state index is 0. The molecule has 2 aromatic rings. The molecule has 0 bridgehead atoms. The Balaban J connectivity index is 0.00000264. The first-order valence-corrected chi connectivity index (χ1v) is 7.55. The van der Waals surface area contributed by atoms with Crippen molar-refractivity contribution >= 4 is 18.3 Å². The number of halogens is 1. The highest BCUT2D eigenvalue weighted by molar-refractivity contribution is 5.85. The average molecular weight is 335 g/mol.